The molecule has 2 aromatic heterocycles. The van der Waals surface area contributed by atoms with Crippen LogP contribution in [0.4, 0.5) is 0 Å². The van der Waals surface area contributed by atoms with Crippen molar-refractivity contribution in [2.45, 2.75) is 33.7 Å². The number of hydrogen-bond donors (Lipinski definition) is 1. The van der Waals surface area contributed by atoms with Crippen LogP contribution in [0.25, 0.3) is 10.9 Å². The molecule has 0 spiro atoms. The summed E-state index contributed by atoms with van der Waals surface area (Å²) in [7, 11) is 0. The molecule has 0 aliphatic heterocycles. The molecule has 0 atom stereocenters. The molecule has 0 aliphatic carbocycles. The van der Waals surface area contributed by atoms with E-state index < -0.39 is 0 Å². The van der Waals surface area contributed by atoms with Crippen LogP contribution in [0.3, 0.4) is 0 Å². The quantitative estimate of drug-likeness (QED) is 0.783. The number of pyridine rings is 1. The molecule has 0 saturated heterocycles. The number of rotatable bonds is 5. The van der Waals surface area contributed by atoms with E-state index in [4.69, 9.17) is 0 Å². The maximum Gasteiger partial charge on any atom is 0.253 e. The van der Waals surface area contributed by atoms with Crippen LogP contribution in [0, 0.1) is 13.8 Å². The molecule has 1 aromatic carbocycles. The normalized spacial score (nSPS) is 11.0. The van der Waals surface area contributed by atoms with Crippen molar-refractivity contribution >= 4 is 16.8 Å². The van der Waals surface area contributed by atoms with Gasteiger partial charge in [0, 0.05) is 24.9 Å². The van der Waals surface area contributed by atoms with Crippen LogP contribution in [0.2, 0.25) is 0 Å². The fourth-order valence-corrected chi connectivity index (χ4v) is 2.74. The molecule has 2 heterocycles. The summed E-state index contributed by atoms with van der Waals surface area (Å²) in [5.41, 5.74) is 3.41. The van der Waals surface area contributed by atoms with Gasteiger partial charge in [-0.2, -0.15) is 0 Å². The van der Waals surface area contributed by atoms with Crippen LogP contribution in [-0.2, 0) is 13.0 Å². The Morgan fingerprint density at radius 1 is 1.25 bits per heavy atom. The first-order chi connectivity index (χ1) is 11.6. The molecular formula is C18H21N5O. The zero-order valence-electron chi connectivity index (χ0n) is 14.2. The molecule has 0 saturated carbocycles. The third kappa shape index (κ3) is 3.27. The summed E-state index contributed by atoms with van der Waals surface area (Å²) in [5, 5.41) is 11.9. The maximum atomic E-state index is 12.5. The maximum absolute atomic E-state index is 12.5. The van der Waals surface area contributed by atoms with E-state index in [0.29, 0.717) is 18.5 Å². The van der Waals surface area contributed by atoms with Crippen LogP contribution in [-0.4, -0.2) is 32.2 Å². The van der Waals surface area contributed by atoms with Crippen LogP contribution < -0.4 is 5.32 Å². The Labute approximate surface area is 140 Å². The molecule has 124 valence electrons. The van der Waals surface area contributed by atoms with Crippen molar-refractivity contribution in [2.75, 3.05) is 6.54 Å². The van der Waals surface area contributed by atoms with Crippen molar-refractivity contribution in [3.05, 3.63) is 53.2 Å². The lowest BCUT2D eigenvalue weighted by molar-refractivity contribution is 0.0953. The second kappa shape index (κ2) is 6.78. The molecule has 3 aromatic rings. The number of benzene rings is 1. The number of nitrogens with zero attached hydrogens (tertiary/aromatic N) is 4. The van der Waals surface area contributed by atoms with Gasteiger partial charge in [-0.25, -0.2) is 0 Å². The van der Waals surface area contributed by atoms with Gasteiger partial charge in [0.1, 0.15) is 12.2 Å². The van der Waals surface area contributed by atoms with Crippen molar-refractivity contribution < 1.29 is 4.79 Å². The van der Waals surface area contributed by atoms with Crippen LogP contribution in [0.15, 0.2) is 30.6 Å². The van der Waals surface area contributed by atoms with E-state index in [1.807, 2.05) is 49.6 Å². The Bertz CT molecular complexity index is 884. The summed E-state index contributed by atoms with van der Waals surface area (Å²) in [6.07, 6.45) is 2.36. The molecule has 0 radical (unpaired) electrons. The summed E-state index contributed by atoms with van der Waals surface area (Å²) >= 11 is 0. The van der Waals surface area contributed by atoms with Crippen LogP contribution in [0.5, 0.6) is 0 Å². The minimum absolute atomic E-state index is 0.106. The zero-order valence-corrected chi connectivity index (χ0v) is 14.2. The van der Waals surface area contributed by atoms with Gasteiger partial charge in [-0.05, 0) is 39.0 Å². The first kappa shape index (κ1) is 16.1. The molecule has 0 fully saturated rings. The minimum Gasteiger partial charge on any atom is -0.352 e. The number of nitrogens with one attached hydrogen (secondary N) is 1. The van der Waals surface area contributed by atoms with Gasteiger partial charge >= 0.3 is 0 Å². The highest BCUT2D eigenvalue weighted by Gasteiger charge is 2.12. The predicted octanol–water partition coefficient (Wildman–Crippen LogP) is 2.44. The molecule has 6 nitrogen and oxygen atoms in total. The first-order valence-electron chi connectivity index (χ1n) is 8.11. The molecular weight excluding hydrogens is 302 g/mol. The minimum atomic E-state index is -0.106. The zero-order chi connectivity index (χ0) is 17.1. The number of carbonyl (C=O) groups excluding carboxylic acids is 1. The summed E-state index contributed by atoms with van der Waals surface area (Å²) in [6, 6.07) is 7.96. The van der Waals surface area contributed by atoms with Crippen LogP contribution in [0.1, 0.15) is 34.4 Å². The molecule has 0 unspecified atom stereocenters. The van der Waals surface area contributed by atoms with Gasteiger partial charge < -0.3 is 9.88 Å². The highest BCUT2D eigenvalue weighted by molar-refractivity contribution is 5.98. The van der Waals surface area contributed by atoms with Gasteiger partial charge in [-0.1, -0.05) is 11.6 Å². The van der Waals surface area contributed by atoms with Gasteiger partial charge in [0.25, 0.3) is 5.91 Å². The highest BCUT2D eigenvalue weighted by atomic mass is 16.1. The van der Waals surface area contributed by atoms with E-state index in [0.717, 1.165) is 34.5 Å². The lowest BCUT2D eigenvalue weighted by atomic mass is 10.1. The van der Waals surface area contributed by atoms with Gasteiger partial charge in [-0.15, -0.1) is 10.2 Å². The van der Waals surface area contributed by atoms with Crippen molar-refractivity contribution in [3.63, 3.8) is 0 Å². The van der Waals surface area contributed by atoms with E-state index in [1.165, 1.54) is 0 Å². The van der Waals surface area contributed by atoms with Crippen molar-refractivity contribution in [2.24, 2.45) is 0 Å². The topological polar surface area (TPSA) is 72.7 Å². The summed E-state index contributed by atoms with van der Waals surface area (Å²) in [4.78, 5) is 17.0. The standard InChI is InChI=1S/C18H21N5O/c1-4-23-11-20-22-17(23)7-8-19-18(24)15-10-14-9-12(2)5-6-16(14)21-13(15)3/h5-6,9-11H,4,7-8H2,1-3H3,(H,19,24). The molecule has 0 aliphatic rings. The Hall–Kier alpha value is -2.76. The number of amides is 1. The molecule has 1 amide bonds. The van der Waals surface area contributed by atoms with Crippen LogP contribution >= 0.6 is 0 Å². The van der Waals surface area contributed by atoms with E-state index in [9.17, 15) is 4.79 Å². The summed E-state index contributed by atoms with van der Waals surface area (Å²) in [5.74, 6) is 0.771. The molecule has 1 N–H and O–H groups in total. The molecule has 3 rings (SSSR count). The van der Waals surface area contributed by atoms with Gasteiger partial charge in [0.15, 0.2) is 0 Å². The van der Waals surface area contributed by atoms with E-state index in [2.05, 4.69) is 20.5 Å². The Morgan fingerprint density at radius 3 is 2.88 bits per heavy atom. The van der Waals surface area contributed by atoms with Gasteiger partial charge in [0.05, 0.1) is 16.8 Å². The number of fused-ring (bicyclic) bond motifs is 1. The van der Waals surface area contributed by atoms with Crippen molar-refractivity contribution in [1.82, 2.24) is 25.1 Å². The average molecular weight is 323 g/mol. The summed E-state index contributed by atoms with van der Waals surface area (Å²) in [6.45, 7) is 7.27. The molecule has 0 bridgehead atoms. The first-order valence-corrected chi connectivity index (χ1v) is 8.11. The lowest BCUT2D eigenvalue weighted by Crippen LogP contribution is -2.27. The number of hydrogen-bond acceptors (Lipinski definition) is 4. The SMILES string of the molecule is CCn1cnnc1CCNC(=O)c1cc2cc(C)ccc2nc1C. The van der Waals surface area contributed by atoms with Gasteiger partial charge in [-0.3, -0.25) is 9.78 Å². The smallest absolute Gasteiger partial charge is 0.253 e. The van der Waals surface area contributed by atoms with E-state index in [1.54, 1.807) is 6.33 Å². The summed E-state index contributed by atoms with van der Waals surface area (Å²) < 4.78 is 1.97. The Morgan fingerprint density at radius 2 is 2.08 bits per heavy atom. The van der Waals surface area contributed by atoms with Gasteiger partial charge in [0.2, 0.25) is 0 Å². The number of aryl methyl sites for hydroxylation is 3. The predicted molar refractivity (Wildman–Crippen MR) is 93.0 cm³/mol. The largest absolute Gasteiger partial charge is 0.352 e. The second-order valence-corrected chi connectivity index (χ2v) is 5.86. The van der Waals surface area contributed by atoms with Crippen molar-refractivity contribution in [3.8, 4) is 0 Å². The fourth-order valence-electron chi connectivity index (χ4n) is 2.74. The lowest BCUT2D eigenvalue weighted by Gasteiger charge is -2.09. The monoisotopic (exact) mass is 323 g/mol. The third-order valence-corrected chi connectivity index (χ3v) is 4.08. The van der Waals surface area contributed by atoms with E-state index in [-0.39, 0.29) is 5.91 Å². The highest BCUT2D eigenvalue weighted by Crippen LogP contribution is 2.18. The number of aromatic nitrogens is 4. The fraction of sp³-hybridized carbons (Fsp3) is 0.333. The second-order valence-electron chi connectivity index (χ2n) is 5.86. The molecule has 24 heavy (non-hydrogen) atoms. The number of carbonyl (C=O) groups is 1. The van der Waals surface area contributed by atoms with Crippen molar-refractivity contribution in [1.29, 1.82) is 0 Å². The molecule has 6 heteroatoms. The Balaban J connectivity index is 1.72. The third-order valence-electron chi connectivity index (χ3n) is 4.08. The Kier molecular flexibility index (Phi) is 4.55. The van der Waals surface area contributed by atoms with E-state index >= 15 is 0 Å². The average Bonchev–Trinajstić information content (AvgIpc) is 3.02.